The van der Waals surface area contributed by atoms with Crippen LogP contribution < -0.4 is 9.62 Å². The van der Waals surface area contributed by atoms with E-state index in [1.54, 1.807) is 6.92 Å². The van der Waals surface area contributed by atoms with Gasteiger partial charge in [0.25, 0.3) is 0 Å². The first-order chi connectivity index (χ1) is 12.1. The molecule has 1 heterocycles. The lowest BCUT2D eigenvalue weighted by atomic mass is 9.98. The minimum atomic E-state index is -3.57. The van der Waals surface area contributed by atoms with E-state index in [0.29, 0.717) is 5.76 Å². The van der Waals surface area contributed by atoms with E-state index in [1.807, 2.05) is 25.1 Å². The smallest absolute Gasteiger partial charge is 0.233 e. The summed E-state index contributed by atoms with van der Waals surface area (Å²) in [7, 11) is -3.57. The first-order valence-electron chi connectivity index (χ1n) is 8.40. The summed E-state index contributed by atoms with van der Waals surface area (Å²) in [4.78, 5) is 12.4. The molecule has 7 nitrogen and oxygen atoms in total. The summed E-state index contributed by atoms with van der Waals surface area (Å²) in [5.74, 6) is 0.682. The Balaban J connectivity index is 2.13. The van der Waals surface area contributed by atoms with Gasteiger partial charge in [-0.05, 0) is 30.9 Å². The first kappa shape index (κ1) is 20.0. The highest BCUT2D eigenvalue weighted by molar-refractivity contribution is 7.92. The van der Waals surface area contributed by atoms with Crippen molar-refractivity contribution in [2.24, 2.45) is 0 Å². The lowest BCUT2D eigenvalue weighted by molar-refractivity contribution is -0.116. The number of amides is 1. The van der Waals surface area contributed by atoms with Gasteiger partial charge in [0.2, 0.25) is 15.9 Å². The van der Waals surface area contributed by atoms with Gasteiger partial charge in [0.1, 0.15) is 5.76 Å². The van der Waals surface area contributed by atoms with Crippen LogP contribution in [-0.4, -0.2) is 32.3 Å². The maximum atomic E-state index is 12.4. The van der Waals surface area contributed by atoms with E-state index >= 15 is 0 Å². The molecule has 0 radical (unpaired) electrons. The molecule has 1 amide bonds. The second-order valence-corrected chi connectivity index (χ2v) is 8.53. The summed E-state index contributed by atoms with van der Waals surface area (Å²) < 4.78 is 30.1. The van der Waals surface area contributed by atoms with Gasteiger partial charge >= 0.3 is 0 Å². The average molecular weight is 379 g/mol. The molecule has 0 spiro atoms. The Labute approximate surface area is 154 Å². The van der Waals surface area contributed by atoms with Gasteiger partial charge < -0.3 is 9.84 Å². The number of hydrogen-bond acceptors (Lipinski definition) is 5. The quantitative estimate of drug-likeness (QED) is 0.797. The number of rotatable bonds is 7. The molecule has 0 atom stereocenters. The zero-order chi connectivity index (χ0) is 19.5. The Morgan fingerprint density at radius 2 is 2.00 bits per heavy atom. The van der Waals surface area contributed by atoms with Gasteiger partial charge in [0.05, 0.1) is 6.26 Å². The highest BCUT2D eigenvalue weighted by atomic mass is 32.2. The molecule has 1 aromatic heterocycles. The summed E-state index contributed by atoms with van der Waals surface area (Å²) in [5, 5.41) is 6.66. The van der Waals surface area contributed by atoms with Crippen LogP contribution in [0.25, 0.3) is 0 Å². The van der Waals surface area contributed by atoms with E-state index in [9.17, 15) is 13.2 Å². The Kier molecular flexibility index (Phi) is 6.07. The molecular weight excluding hydrogens is 354 g/mol. The largest absolute Gasteiger partial charge is 0.360 e. The van der Waals surface area contributed by atoms with E-state index in [4.69, 9.17) is 4.52 Å². The van der Waals surface area contributed by atoms with Crippen molar-refractivity contribution < 1.29 is 17.7 Å². The zero-order valence-corrected chi connectivity index (χ0v) is 16.6. The number of aromatic nitrogens is 1. The minimum absolute atomic E-state index is 0.00481. The SMILES string of the molecule is Cc1cc(N(CCC(=O)Nc2c(C)cccc2C(C)C)S(C)(=O)=O)no1. The maximum Gasteiger partial charge on any atom is 0.233 e. The molecule has 142 valence electrons. The van der Waals surface area contributed by atoms with Gasteiger partial charge in [0, 0.05) is 24.7 Å². The number of nitrogens with zero attached hydrogens (tertiary/aromatic N) is 2. The zero-order valence-electron chi connectivity index (χ0n) is 15.7. The Bertz CT molecular complexity index is 888. The topological polar surface area (TPSA) is 92.5 Å². The van der Waals surface area contributed by atoms with Crippen molar-refractivity contribution >= 4 is 27.4 Å². The third kappa shape index (κ3) is 4.85. The highest BCUT2D eigenvalue weighted by Crippen LogP contribution is 2.27. The van der Waals surface area contributed by atoms with Gasteiger partial charge in [-0.3, -0.25) is 9.10 Å². The molecule has 0 aliphatic rings. The third-order valence-electron chi connectivity index (χ3n) is 4.00. The highest BCUT2D eigenvalue weighted by Gasteiger charge is 2.22. The number of carbonyl (C=O) groups excluding carboxylic acids is 1. The summed E-state index contributed by atoms with van der Waals surface area (Å²) >= 11 is 0. The van der Waals surface area contributed by atoms with Crippen molar-refractivity contribution in [3.63, 3.8) is 0 Å². The number of anilines is 2. The second-order valence-electron chi connectivity index (χ2n) is 6.62. The fraction of sp³-hybridized carbons (Fsp3) is 0.444. The van der Waals surface area contributed by atoms with Crippen molar-refractivity contribution in [3.05, 3.63) is 41.2 Å². The minimum Gasteiger partial charge on any atom is -0.360 e. The molecule has 0 saturated heterocycles. The van der Waals surface area contributed by atoms with Crippen LogP contribution >= 0.6 is 0 Å². The van der Waals surface area contributed by atoms with Crippen molar-refractivity contribution in [3.8, 4) is 0 Å². The van der Waals surface area contributed by atoms with Crippen molar-refractivity contribution in [2.75, 3.05) is 22.4 Å². The lowest BCUT2D eigenvalue weighted by Gasteiger charge is -2.20. The molecule has 0 aliphatic heterocycles. The molecule has 26 heavy (non-hydrogen) atoms. The van der Waals surface area contributed by atoms with Crippen molar-refractivity contribution in [2.45, 2.75) is 40.0 Å². The Morgan fingerprint density at radius 3 is 2.54 bits per heavy atom. The number of benzene rings is 1. The number of aryl methyl sites for hydroxylation is 2. The van der Waals surface area contributed by atoms with Crippen LogP contribution in [0, 0.1) is 13.8 Å². The van der Waals surface area contributed by atoms with E-state index in [2.05, 4.69) is 24.3 Å². The van der Waals surface area contributed by atoms with Gasteiger partial charge in [-0.2, -0.15) is 0 Å². The average Bonchev–Trinajstić information content (AvgIpc) is 2.94. The van der Waals surface area contributed by atoms with Crippen molar-refractivity contribution in [1.29, 1.82) is 0 Å². The summed E-state index contributed by atoms with van der Waals surface area (Å²) in [6, 6.07) is 7.40. The number of sulfonamides is 1. The predicted molar refractivity (Wildman–Crippen MR) is 102 cm³/mol. The van der Waals surface area contributed by atoms with Crippen LogP contribution in [-0.2, 0) is 14.8 Å². The second kappa shape index (κ2) is 7.90. The van der Waals surface area contributed by atoms with Crippen LogP contribution in [0.2, 0.25) is 0 Å². The molecule has 1 N–H and O–H groups in total. The molecule has 0 bridgehead atoms. The number of nitrogens with one attached hydrogen (secondary N) is 1. The molecule has 0 fully saturated rings. The first-order valence-corrected chi connectivity index (χ1v) is 10.2. The standard InChI is InChI=1S/C18H25N3O4S/c1-12(2)15-8-6-7-13(3)18(15)19-17(22)9-10-21(26(5,23)24)16-11-14(4)25-20-16/h6-8,11-12H,9-10H2,1-5H3,(H,19,22). The summed E-state index contributed by atoms with van der Waals surface area (Å²) in [5.41, 5.74) is 2.80. The van der Waals surface area contributed by atoms with Gasteiger partial charge in [0.15, 0.2) is 5.82 Å². The Morgan fingerprint density at radius 1 is 1.31 bits per heavy atom. The summed E-state index contributed by atoms with van der Waals surface area (Å²) in [6.45, 7) is 7.71. The van der Waals surface area contributed by atoms with Gasteiger partial charge in [-0.1, -0.05) is 37.2 Å². The molecule has 8 heteroatoms. The number of hydrogen-bond donors (Lipinski definition) is 1. The number of carbonyl (C=O) groups is 1. The molecule has 2 rings (SSSR count). The predicted octanol–water partition coefficient (Wildman–Crippen LogP) is 3.21. The molecule has 0 saturated carbocycles. The van der Waals surface area contributed by atoms with E-state index in [0.717, 1.165) is 27.4 Å². The van der Waals surface area contributed by atoms with Gasteiger partial charge in [-0.15, -0.1) is 0 Å². The van der Waals surface area contributed by atoms with Crippen LogP contribution in [0.15, 0.2) is 28.8 Å². The normalized spacial score (nSPS) is 11.6. The van der Waals surface area contributed by atoms with Crippen molar-refractivity contribution in [1.82, 2.24) is 5.16 Å². The van der Waals surface area contributed by atoms with Crippen LogP contribution in [0.5, 0.6) is 0 Å². The van der Waals surface area contributed by atoms with Crippen LogP contribution in [0.3, 0.4) is 0 Å². The molecule has 0 unspecified atom stereocenters. The molecule has 2 aromatic rings. The van der Waals surface area contributed by atoms with E-state index in [1.165, 1.54) is 6.07 Å². The summed E-state index contributed by atoms with van der Waals surface area (Å²) in [6.07, 6.45) is 1.08. The third-order valence-corrected chi connectivity index (χ3v) is 5.18. The van der Waals surface area contributed by atoms with E-state index < -0.39 is 10.0 Å². The molecule has 0 aliphatic carbocycles. The monoisotopic (exact) mass is 379 g/mol. The Hall–Kier alpha value is -2.35. The fourth-order valence-electron chi connectivity index (χ4n) is 2.67. The molecular formula is C18H25N3O4S. The maximum absolute atomic E-state index is 12.4. The van der Waals surface area contributed by atoms with Crippen LogP contribution in [0.4, 0.5) is 11.5 Å². The van der Waals surface area contributed by atoms with E-state index in [-0.39, 0.29) is 30.6 Å². The fourth-order valence-corrected chi connectivity index (χ4v) is 3.52. The molecule has 1 aromatic carbocycles. The lowest BCUT2D eigenvalue weighted by Crippen LogP contribution is -2.33. The number of para-hydroxylation sites is 1. The van der Waals surface area contributed by atoms with Crippen LogP contribution in [0.1, 0.15) is 43.1 Å². The van der Waals surface area contributed by atoms with Gasteiger partial charge in [-0.25, -0.2) is 8.42 Å².